The number of hydrogen-bond acceptors (Lipinski definition) is 3. The van der Waals surface area contributed by atoms with Crippen molar-refractivity contribution in [3.8, 4) is 0 Å². The molecule has 20 heavy (non-hydrogen) atoms. The van der Waals surface area contributed by atoms with E-state index in [-0.39, 0.29) is 6.54 Å². The highest BCUT2D eigenvalue weighted by Gasteiger charge is 2.20. The zero-order valence-corrected chi connectivity index (χ0v) is 10.4. The molecule has 1 aromatic carbocycles. The van der Waals surface area contributed by atoms with Crippen LogP contribution < -0.4 is 0 Å². The van der Waals surface area contributed by atoms with Crippen LogP contribution in [0.25, 0.3) is 0 Å². The molecule has 104 valence electrons. The highest BCUT2D eigenvalue weighted by Crippen LogP contribution is 2.25. The number of rotatable bonds is 3. The third-order valence-electron chi connectivity index (χ3n) is 2.48. The molecule has 0 atom stereocenters. The lowest BCUT2D eigenvalue weighted by Gasteiger charge is -2.00. The van der Waals surface area contributed by atoms with Crippen molar-refractivity contribution in [1.82, 2.24) is 4.98 Å². The molecule has 0 N–H and O–H groups in total. The maximum Gasteiger partial charge on any atom is 0.254 e. The number of benzene rings is 1. The van der Waals surface area contributed by atoms with Crippen molar-refractivity contribution >= 4 is 5.69 Å². The molecule has 0 bridgehead atoms. The van der Waals surface area contributed by atoms with Gasteiger partial charge in [-0.15, -0.1) is 5.11 Å². The second kappa shape index (κ2) is 5.77. The van der Waals surface area contributed by atoms with Crippen LogP contribution in [-0.4, -0.2) is 4.98 Å². The Morgan fingerprint density at radius 3 is 2.30 bits per heavy atom. The summed E-state index contributed by atoms with van der Waals surface area (Å²) in [7, 11) is 0. The molecule has 0 unspecified atom stereocenters. The van der Waals surface area contributed by atoms with Gasteiger partial charge in [0.05, 0.1) is 6.54 Å². The molecule has 0 radical (unpaired) electrons. The van der Waals surface area contributed by atoms with Crippen LogP contribution in [-0.2, 0) is 6.54 Å². The molecule has 0 saturated carbocycles. The van der Waals surface area contributed by atoms with Crippen molar-refractivity contribution in [2.45, 2.75) is 13.5 Å². The summed E-state index contributed by atoms with van der Waals surface area (Å²) in [6.07, 6.45) is 0. The van der Waals surface area contributed by atoms with Crippen LogP contribution in [0.2, 0.25) is 0 Å². The van der Waals surface area contributed by atoms with E-state index in [9.17, 15) is 17.6 Å². The highest BCUT2D eigenvalue weighted by molar-refractivity contribution is 5.38. The molecule has 0 fully saturated rings. The van der Waals surface area contributed by atoms with Gasteiger partial charge in [0.15, 0.2) is 5.69 Å². The van der Waals surface area contributed by atoms with E-state index in [0.717, 1.165) is 11.1 Å². The summed E-state index contributed by atoms with van der Waals surface area (Å²) in [6, 6.07) is 7.20. The lowest BCUT2D eigenvalue weighted by Crippen LogP contribution is -1.99. The van der Waals surface area contributed by atoms with Gasteiger partial charge in [-0.3, -0.25) is 0 Å². The van der Waals surface area contributed by atoms with Crippen molar-refractivity contribution in [2.75, 3.05) is 0 Å². The van der Waals surface area contributed by atoms with E-state index in [0.29, 0.717) is 0 Å². The number of pyridine rings is 1. The molecule has 0 aliphatic rings. The molecule has 7 heteroatoms. The molecule has 0 aliphatic carbocycles. The molecule has 0 spiro atoms. The third kappa shape index (κ3) is 2.98. The normalized spacial score (nSPS) is 11.2. The van der Waals surface area contributed by atoms with Crippen molar-refractivity contribution in [1.29, 1.82) is 0 Å². The number of halogens is 4. The van der Waals surface area contributed by atoms with Gasteiger partial charge in [-0.2, -0.15) is 27.7 Å². The summed E-state index contributed by atoms with van der Waals surface area (Å²) < 4.78 is 52.1. The fraction of sp³-hybridized carbons (Fsp3) is 0.154. The molecule has 1 aromatic heterocycles. The zero-order chi connectivity index (χ0) is 14.7. The van der Waals surface area contributed by atoms with Gasteiger partial charge in [0.25, 0.3) is 11.9 Å². The minimum absolute atomic E-state index is 0.0339. The SMILES string of the molecule is Cc1cccc(CN=Nc2c(F)c(F)nc(F)c2F)c1. The average Bonchev–Trinajstić information content (AvgIpc) is 2.40. The Hall–Kier alpha value is -2.31. The van der Waals surface area contributed by atoms with Crippen LogP contribution in [0, 0.1) is 30.5 Å². The molecule has 0 aliphatic heterocycles. The van der Waals surface area contributed by atoms with Gasteiger partial charge in [-0.1, -0.05) is 29.8 Å². The van der Waals surface area contributed by atoms with Crippen LogP contribution in [0.5, 0.6) is 0 Å². The summed E-state index contributed by atoms with van der Waals surface area (Å²) >= 11 is 0. The van der Waals surface area contributed by atoms with E-state index in [2.05, 4.69) is 15.2 Å². The molecule has 2 rings (SSSR count). The molecule has 0 saturated heterocycles. The van der Waals surface area contributed by atoms with Gasteiger partial charge in [0, 0.05) is 0 Å². The zero-order valence-electron chi connectivity index (χ0n) is 10.4. The van der Waals surface area contributed by atoms with E-state index >= 15 is 0 Å². The van der Waals surface area contributed by atoms with Crippen molar-refractivity contribution < 1.29 is 17.6 Å². The monoisotopic (exact) mass is 283 g/mol. The Labute approximate surface area is 112 Å². The maximum absolute atomic E-state index is 13.2. The Bertz CT molecular complexity index is 645. The Kier molecular flexibility index (Phi) is 4.07. The smallest absolute Gasteiger partial charge is 0.199 e. The number of aryl methyl sites for hydroxylation is 1. The first-order valence-electron chi connectivity index (χ1n) is 5.62. The minimum atomic E-state index is -1.76. The summed E-state index contributed by atoms with van der Waals surface area (Å²) in [5, 5.41) is 6.75. The van der Waals surface area contributed by atoms with Crippen LogP contribution in [0.15, 0.2) is 34.5 Å². The van der Waals surface area contributed by atoms with Crippen molar-refractivity contribution in [2.24, 2.45) is 10.2 Å². The third-order valence-corrected chi connectivity index (χ3v) is 2.48. The first kappa shape index (κ1) is 14.1. The van der Waals surface area contributed by atoms with Gasteiger partial charge < -0.3 is 0 Å². The molecule has 1 heterocycles. The molecular formula is C13H9F4N3. The standard InChI is InChI=1S/C13H9F4N3/c1-7-3-2-4-8(5-7)6-18-20-11-9(14)12(16)19-13(17)10(11)15/h2-5H,6H2,1H3. The summed E-state index contributed by atoms with van der Waals surface area (Å²) in [5.74, 6) is -6.85. The summed E-state index contributed by atoms with van der Waals surface area (Å²) in [6.45, 7) is 1.90. The molecular weight excluding hydrogens is 274 g/mol. The Balaban J connectivity index is 2.24. The van der Waals surface area contributed by atoms with Gasteiger partial charge >= 0.3 is 0 Å². The largest absolute Gasteiger partial charge is 0.254 e. The van der Waals surface area contributed by atoms with Crippen LogP contribution in [0.4, 0.5) is 23.2 Å². The van der Waals surface area contributed by atoms with E-state index in [1.54, 1.807) is 18.2 Å². The van der Waals surface area contributed by atoms with Crippen LogP contribution >= 0.6 is 0 Å². The maximum atomic E-state index is 13.2. The van der Waals surface area contributed by atoms with E-state index in [1.807, 2.05) is 13.0 Å². The van der Waals surface area contributed by atoms with E-state index in [1.165, 1.54) is 0 Å². The molecule has 0 amide bonds. The predicted octanol–water partition coefficient (Wildman–Crippen LogP) is 4.23. The fourth-order valence-corrected chi connectivity index (χ4v) is 1.56. The Morgan fingerprint density at radius 1 is 1.05 bits per heavy atom. The van der Waals surface area contributed by atoms with E-state index in [4.69, 9.17) is 0 Å². The second-order valence-electron chi connectivity index (χ2n) is 4.06. The molecule has 3 nitrogen and oxygen atoms in total. The summed E-state index contributed by atoms with van der Waals surface area (Å²) in [4.78, 5) is 2.43. The predicted molar refractivity (Wildman–Crippen MR) is 63.5 cm³/mol. The second-order valence-corrected chi connectivity index (χ2v) is 4.06. The number of hydrogen-bond donors (Lipinski definition) is 0. The first-order chi connectivity index (χ1) is 9.49. The Morgan fingerprint density at radius 2 is 1.70 bits per heavy atom. The van der Waals surface area contributed by atoms with Gasteiger partial charge in [-0.25, -0.2) is 0 Å². The van der Waals surface area contributed by atoms with E-state index < -0.39 is 29.2 Å². The van der Waals surface area contributed by atoms with Gasteiger partial charge in [-0.05, 0) is 12.5 Å². The van der Waals surface area contributed by atoms with Gasteiger partial charge in [0.1, 0.15) is 0 Å². The van der Waals surface area contributed by atoms with Crippen molar-refractivity contribution in [3.05, 3.63) is 58.9 Å². The number of nitrogens with zero attached hydrogens (tertiary/aromatic N) is 3. The van der Waals surface area contributed by atoms with Crippen molar-refractivity contribution in [3.63, 3.8) is 0 Å². The first-order valence-corrected chi connectivity index (χ1v) is 5.62. The van der Waals surface area contributed by atoms with Crippen LogP contribution in [0.3, 0.4) is 0 Å². The average molecular weight is 283 g/mol. The lowest BCUT2D eigenvalue weighted by atomic mass is 10.1. The number of aromatic nitrogens is 1. The number of azo groups is 1. The van der Waals surface area contributed by atoms with Gasteiger partial charge in [0.2, 0.25) is 11.6 Å². The quantitative estimate of drug-likeness (QED) is 0.472. The fourth-order valence-electron chi connectivity index (χ4n) is 1.56. The topological polar surface area (TPSA) is 37.6 Å². The summed E-state index contributed by atoms with van der Waals surface area (Å²) in [5.41, 5.74) is 0.614. The minimum Gasteiger partial charge on any atom is -0.199 e. The molecule has 2 aromatic rings. The lowest BCUT2D eigenvalue weighted by molar-refractivity contribution is 0.409. The van der Waals surface area contributed by atoms with Crippen LogP contribution in [0.1, 0.15) is 11.1 Å². The highest BCUT2D eigenvalue weighted by atomic mass is 19.2.